The number of carboxylic acids is 1. The zero-order valence-corrected chi connectivity index (χ0v) is 13.9. The van der Waals surface area contributed by atoms with Crippen LogP contribution < -0.4 is 16.5 Å². The van der Waals surface area contributed by atoms with Crippen LogP contribution in [0, 0.1) is 0 Å². The molecule has 0 spiro atoms. The minimum Gasteiger partial charge on any atom is -0.478 e. The van der Waals surface area contributed by atoms with Crippen LogP contribution in [0.3, 0.4) is 0 Å². The molecular weight excluding hydrogens is 322 g/mol. The molecule has 0 saturated carbocycles. The van der Waals surface area contributed by atoms with Crippen LogP contribution in [-0.4, -0.2) is 64.2 Å². The third-order valence-corrected chi connectivity index (χ3v) is 4.05. The largest absolute Gasteiger partial charge is 0.478 e. The average Bonchev–Trinajstić information content (AvgIpc) is 2.61. The van der Waals surface area contributed by atoms with Crippen LogP contribution in [0.2, 0.25) is 0 Å². The van der Waals surface area contributed by atoms with Crippen LogP contribution >= 0.6 is 0 Å². The highest BCUT2D eigenvalue weighted by molar-refractivity contribution is 5.88. The molecular formula is C16H21N7O2. The van der Waals surface area contributed by atoms with Gasteiger partial charge in [0.25, 0.3) is 0 Å². The van der Waals surface area contributed by atoms with Gasteiger partial charge in [0, 0.05) is 31.9 Å². The first-order valence-electron chi connectivity index (χ1n) is 7.94. The molecule has 0 amide bonds. The minimum absolute atomic E-state index is 0.221. The fourth-order valence-electron chi connectivity index (χ4n) is 2.49. The summed E-state index contributed by atoms with van der Waals surface area (Å²) in [5, 5.41) is 14.1. The molecule has 2 aromatic rings. The molecule has 0 radical (unpaired) electrons. The molecule has 1 aromatic heterocycles. The number of carboxylic acid groups (broad SMARTS) is 1. The third-order valence-electron chi connectivity index (χ3n) is 4.05. The van der Waals surface area contributed by atoms with Crippen molar-refractivity contribution in [2.45, 2.75) is 0 Å². The predicted molar refractivity (Wildman–Crippen MR) is 95.8 cm³/mol. The SMILES string of the molecule is CN1CCN(Nc2ncnc(Nc3ccc(C(=O)O)cc3)c2N)CC1. The number of likely N-dealkylation sites (N-methyl/N-ethyl adjacent to an activating group) is 1. The molecule has 9 heteroatoms. The van der Waals surface area contributed by atoms with Gasteiger partial charge in [-0.15, -0.1) is 0 Å². The van der Waals surface area contributed by atoms with E-state index in [1.165, 1.54) is 18.5 Å². The number of hydrogen-bond acceptors (Lipinski definition) is 8. The van der Waals surface area contributed by atoms with E-state index in [9.17, 15) is 4.79 Å². The van der Waals surface area contributed by atoms with Gasteiger partial charge in [0.2, 0.25) is 0 Å². The van der Waals surface area contributed by atoms with Gasteiger partial charge < -0.3 is 26.5 Å². The van der Waals surface area contributed by atoms with E-state index >= 15 is 0 Å². The molecule has 0 bridgehead atoms. The van der Waals surface area contributed by atoms with Crippen molar-refractivity contribution in [1.82, 2.24) is 19.9 Å². The molecule has 3 rings (SSSR count). The van der Waals surface area contributed by atoms with Crippen molar-refractivity contribution in [3.05, 3.63) is 36.2 Å². The Morgan fingerprint density at radius 2 is 1.76 bits per heavy atom. The molecule has 1 aromatic carbocycles. The topological polar surface area (TPSA) is 120 Å². The Bertz CT molecular complexity index is 743. The first-order chi connectivity index (χ1) is 12.0. The van der Waals surface area contributed by atoms with Crippen molar-refractivity contribution in [1.29, 1.82) is 0 Å². The summed E-state index contributed by atoms with van der Waals surface area (Å²) in [5.74, 6) is 0.0469. The van der Waals surface area contributed by atoms with E-state index < -0.39 is 5.97 Å². The van der Waals surface area contributed by atoms with E-state index in [0.717, 1.165) is 26.2 Å². The summed E-state index contributed by atoms with van der Waals surface area (Å²) in [4.78, 5) is 21.5. The van der Waals surface area contributed by atoms with Gasteiger partial charge in [-0.2, -0.15) is 0 Å². The van der Waals surface area contributed by atoms with Crippen LogP contribution in [0.5, 0.6) is 0 Å². The number of aromatic nitrogens is 2. The summed E-state index contributed by atoms with van der Waals surface area (Å²) >= 11 is 0. The zero-order valence-electron chi connectivity index (χ0n) is 13.9. The first kappa shape index (κ1) is 16.9. The van der Waals surface area contributed by atoms with Gasteiger partial charge in [-0.25, -0.2) is 19.8 Å². The maximum Gasteiger partial charge on any atom is 0.335 e. The molecule has 0 unspecified atom stereocenters. The Morgan fingerprint density at radius 1 is 1.12 bits per heavy atom. The second kappa shape index (κ2) is 7.32. The first-order valence-corrected chi connectivity index (χ1v) is 7.94. The number of hydrazine groups is 1. The lowest BCUT2D eigenvalue weighted by Gasteiger charge is -2.32. The molecule has 1 aliphatic heterocycles. The van der Waals surface area contributed by atoms with Crippen LogP contribution in [0.15, 0.2) is 30.6 Å². The van der Waals surface area contributed by atoms with E-state index in [1.54, 1.807) is 12.1 Å². The Kier molecular flexibility index (Phi) is 4.96. The van der Waals surface area contributed by atoms with Crippen LogP contribution in [0.25, 0.3) is 0 Å². The van der Waals surface area contributed by atoms with E-state index in [2.05, 4.69) is 37.7 Å². The zero-order chi connectivity index (χ0) is 17.8. The quantitative estimate of drug-likeness (QED) is 0.632. The fraction of sp³-hybridized carbons (Fsp3) is 0.312. The lowest BCUT2D eigenvalue weighted by Crippen LogP contribution is -2.47. The van der Waals surface area contributed by atoms with E-state index in [0.29, 0.717) is 23.0 Å². The number of aromatic carboxylic acids is 1. The van der Waals surface area contributed by atoms with Gasteiger partial charge in [-0.05, 0) is 31.3 Å². The monoisotopic (exact) mass is 343 g/mol. The van der Waals surface area contributed by atoms with E-state index in [-0.39, 0.29) is 5.56 Å². The van der Waals surface area contributed by atoms with Crippen molar-refractivity contribution in [2.75, 3.05) is 49.7 Å². The number of piperazine rings is 1. The number of anilines is 4. The third kappa shape index (κ3) is 4.14. The molecule has 132 valence electrons. The highest BCUT2D eigenvalue weighted by Crippen LogP contribution is 2.26. The molecule has 9 nitrogen and oxygen atoms in total. The summed E-state index contributed by atoms with van der Waals surface area (Å²) in [6.07, 6.45) is 1.43. The Labute approximate surface area is 145 Å². The van der Waals surface area contributed by atoms with Crippen LogP contribution in [0.4, 0.5) is 23.0 Å². The minimum atomic E-state index is -0.966. The van der Waals surface area contributed by atoms with E-state index in [1.807, 2.05) is 0 Å². The molecule has 0 aliphatic carbocycles. The number of hydrogen-bond donors (Lipinski definition) is 4. The fourth-order valence-corrected chi connectivity index (χ4v) is 2.49. The van der Waals surface area contributed by atoms with Crippen molar-refractivity contribution < 1.29 is 9.90 Å². The van der Waals surface area contributed by atoms with Gasteiger partial charge in [0.15, 0.2) is 11.6 Å². The summed E-state index contributed by atoms with van der Waals surface area (Å²) in [7, 11) is 2.09. The van der Waals surface area contributed by atoms with Crippen molar-refractivity contribution >= 4 is 29.0 Å². The molecule has 1 saturated heterocycles. The van der Waals surface area contributed by atoms with Gasteiger partial charge >= 0.3 is 5.97 Å². The van der Waals surface area contributed by atoms with Crippen LogP contribution in [-0.2, 0) is 0 Å². The predicted octanol–water partition coefficient (Wildman–Crippen LogP) is 1.07. The molecule has 1 fully saturated rings. The van der Waals surface area contributed by atoms with Crippen molar-refractivity contribution in [3.63, 3.8) is 0 Å². The van der Waals surface area contributed by atoms with Crippen molar-refractivity contribution in [2.24, 2.45) is 0 Å². The number of nitrogens with two attached hydrogens (primary N) is 1. The molecule has 5 N–H and O–H groups in total. The average molecular weight is 343 g/mol. The normalized spacial score (nSPS) is 15.7. The van der Waals surface area contributed by atoms with E-state index in [4.69, 9.17) is 10.8 Å². The second-order valence-corrected chi connectivity index (χ2v) is 5.89. The highest BCUT2D eigenvalue weighted by atomic mass is 16.4. The summed E-state index contributed by atoms with van der Waals surface area (Å²) in [6.45, 7) is 3.69. The van der Waals surface area contributed by atoms with Gasteiger partial charge in [0.05, 0.1) is 5.56 Å². The van der Waals surface area contributed by atoms with Gasteiger partial charge in [0.1, 0.15) is 12.0 Å². The summed E-state index contributed by atoms with van der Waals surface area (Å²) in [6, 6.07) is 6.37. The lowest BCUT2D eigenvalue weighted by atomic mass is 10.2. The maximum absolute atomic E-state index is 10.9. The number of carbonyl (C=O) groups is 1. The standard InChI is InChI=1S/C16H21N7O2/c1-22-6-8-23(9-7-22)21-15-13(17)14(18-10-19-15)20-12-4-2-11(3-5-12)16(24)25/h2-5,10H,6-9,17H2,1H3,(H,24,25)(H2,18,19,20,21). The highest BCUT2D eigenvalue weighted by Gasteiger charge is 2.16. The summed E-state index contributed by atoms with van der Waals surface area (Å²) < 4.78 is 0. The molecule has 1 aliphatic rings. The van der Waals surface area contributed by atoms with Gasteiger partial charge in [-0.3, -0.25) is 0 Å². The number of benzene rings is 1. The maximum atomic E-state index is 10.9. The smallest absolute Gasteiger partial charge is 0.335 e. The Morgan fingerprint density at radius 3 is 2.40 bits per heavy atom. The van der Waals surface area contributed by atoms with Gasteiger partial charge in [-0.1, -0.05) is 0 Å². The Balaban J connectivity index is 1.71. The Hall–Kier alpha value is -2.91. The number of nitrogen functional groups attached to an aromatic ring is 1. The number of rotatable bonds is 5. The lowest BCUT2D eigenvalue weighted by molar-refractivity contribution is 0.0697. The molecule has 2 heterocycles. The molecule has 25 heavy (non-hydrogen) atoms. The molecule has 0 atom stereocenters. The number of nitrogens with zero attached hydrogens (tertiary/aromatic N) is 4. The second-order valence-electron chi connectivity index (χ2n) is 5.89. The number of nitrogens with one attached hydrogen (secondary N) is 2. The summed E-state index contributed by atoms with van der Waals surface area (Å²) in [5.41, 5.74) is 10.7. The van der Waals surface area contributed by atoms with Crippen molar-refractivity contribution in [3.8, 4) is 0 Å². The van der Waals surface area contributed by atoms with Crippen LogP contribution in [0.1, 0.15) is 10.4 Å².